The molecule has 2 aromatic carbocycles. The lowest BCUT2D eigenvalue weighted by molar-refractivity contribution is -0.136. The summed E-state index contributed by atoms with van der Waals surface area (Å²) in [5, 5.41) is 5.65. The molecule has 7 heteroatoms. The number of nitrogens with one attached hydrogen (secondary N) is 2. The van der Waals surface area contributed by atoms with E-state index >= 15 is 0 Å². The third-order valence-electron chi connectivity index (χ3n) is 4.45. The zero-order valence-corrected chi connectivity index (χ0v) is 15.7. The standard InChI is InChI=1S/C20H20ClN3O3/c1-13(25)24-10-4-6-14-8-9-16(11-18(14)24)23-20(27)19(26)22-12-15-5-2-3-7-17(15)21/h2-3,5,7-9,11H,4,6,10,12H2,1H3,(H,22,26)(H,23,27). The topological polar surface area (TPSA) is 78.5 Å². The molecule has 1 heterocycles. The van der Waals surface area contributed by atoms with Crippen molar-refractivity contribution in [1.82, 2.24) is 5.32 Å². The second-order valence-corrected chi connectivity index (χ2v) is 6.75. The molecule has 2 aromatic rings. The van der Waals surface area contributed by atoms with Crippen LogP contribution in [-0.2, 0) is 27.3 Å². The Hall–Kier alpha value is -2.86. The minimum Gasteiger partial charge on any atom is -0.344 e. The van der Waals surface area contributed by atoms with Crippen LogP contribution in [0.2, 0.25) is 5.02 Å². The molecule has 6 nitrogen and oxygen atoms in total. The van der Waals surface area contributed by atoms with Crippen LogP contribution in [0.1, 0.15) is 24.5 Å². The highest BCUT2D eigenvalue weighted by Crippen LogP contribution is 2.30. The first kappa shape index (κ1) is 18.9. The van der Waals surface area contributed by atoms with Crippen LogP contribution in [0.5, 0.6) is 0 Å². The van der Waals surface area contributed by atoms with E-state index in [0.717, 1.165) is 29.7 Å². The molecular weight excluding hydrogens is 366 g/mol. The van der Waals surface area contributed by atoms with Gasteiger partial charge in [0.15, 0.2) is 0 Å². The summed E-state index contributed by atoms with van der Waals surface area (Å²) < 4.78 is 0. The minimum atomic E-state index is -0.771. The molecule has 0 saturated heterocycles. The molecule has 1 aliphatic rings. The molecule has 0 aliphatic carbocycles. The molecule has 0 radical (unpaired) electrons. The number of hydrogen-bond donors (Lipinski definition) is 2. The molecule has 2 N–H and O–H groups in total. The molecule has 0 aromatic heterocycles. The number of halogens is 1. The van der Waals surface area contributed by atoms with Gasteiger partial charge in [0, 0.05) is 36.4 Å². The molecule has 1 aliphatic heterocycles. The SMILES string of the molecule is CC(=O)N1CCCc2ccc(NC(=O)C(=O)NCc3ccccc3Cl)cc21. The van der Waals surface area contributed by atoms with Gasteiger partial charge in [-0.3, -0.25) is 14.4 Å². The highest BCUT2D eigenvalue weighted by molar-refractivity contribution is 6.39. The summed E-state index contributed by atoms with van der Waals surface area (Å²) >= 11 is 6.04. The van der Waals surface area contributed by atoms with Crippen LogP contribution >= 0.6 is 11.6 Å². The third kappa shape index (κ3) is 4.46. The van der Waals surface area contributed by atoms with Gasteiger partial charge in [0.25, 0.3) is 0 Å². The minimum absolute atomic E-state index is 0.0445. The maximum Gasteiger partial charge on any atom is 0.313 e. The van der Waals surface area contributed by atoms with Crippen LogP contribution in [0, 0.1) is 0 Å². The molecule has 140 valence electrons. The lowest BCUT2D eigenvalue weighted by Gasteiger charge is -2.29. The van der Waals surface area contributed by atoms with Gasteiger partial charge < -0.3 is 15.5 Å². The van der Waals surface area contributed by atoms with Gasteiger partial charge in [0.1, 0.15) is 0 Å². The molecule has 3 rings (SSSR count). The Labute approximate surface area is 162 Å². The molecule has 3 amide bonds. The Morgan fingerprint density at radius 2 is 1.89 bits per heavy atom. The molecule has 0 spiro atoms. The number of rotatable bonds is 3. The van der Waals surface area contributed by atoms with Crippen LogP contribution in [0.15, 0.2) is 42.5 Å². The number of amides is 3. The first-order valence-electron chi connectivity index (χ1n) is 8.69. The Balaban J connectivity index is 1.65. The van der Waals surface area contributed by atoms with Crippen molar-refractivity contribution in [3.63, 3.8) is 0 Å². The Morgan fingerprint density at radius 1 is 1.11 bits per heavy atom. The van der Waals surface area contributed by atoms with Gasteiger partial charge in [-0.05, 0) is 42.2 Å². The summed E-state index contributed by atoms with van der Waals surface area (Å²) in [4.78, 5) is 37.7. The van der Waals surface area contributed by atoms with E-state index in [1.165, 1.54) is 6.92 Å². The molecule has 0 saturated carbocycles. The number of aryl methyl sites for hydroxylation is 1. The average molecular weight is 386 g/mol. The average Bonchev–Trinajstić information content (AvgIpc) is 2.66. The molecule has 0 bridgehead atoms. The fourth-order valence-electron chi connectivity index (χ4n) is 3.06. The molecule has 0 fully saturated rings. The number of hydrogen-bond acceptors (Lipinski definition) is 3. The second kappa shape index (κ2) is 8.22. The largest absolute Gasteiger partial charge is 0.344 e. The van der Waals surface area contributed by atoms with Crippen LogP contribution in [-0.4, -0.2) is 24.3 Å². The number of anilines is 2. The van der Waals surface area contributed by atoms with Crippen LogP contribution in [0.25, 0.3) is 0 Å². The lowest BCUT2D eigenvalue weighted by atomic mass is 10.0. The van der Waals surface area contributed by atoms with Crippen molar-refractivity contribution >= 4 is 40.7 Å². The summed E-state index contributed by atoms with van der Waals surface area (Å²) in [5.41, 5.74) is 3.03. The third-order valence-corrected chi connectivity index (χ3v) is 4.81. The second-order valence-electron chi connectivity index (χ2n) is 6.35. The normalized spacial score (nSPS) is 12.9. The number of fused-ring (bicyclic) bond motifs is 1. The van der Waals surface area contributed by atoms with Crippen molar-refractivity contribution in [3.8, 4) is 0 Å². The summed E-state index contributed by atoms with van der Waals surface area (Å²) in [5.74, 6) is -1.57. The van der Waals surface area contributed by atoms with Gasteiger partial charge in [-0.1, -0.05) is 35.9 Å². The van der Waals surface area contributed by atoms with Gasteiger partial charge in [0.2, 0.25) is 5.91 Å². The number of nitrogens with zero attached hydrogens (tertiary/aromatic N) is 1. The Morgan fingerprint density at radius 3 is 2.63 bits per heavy atom. The summed E-state index contributed by atoms with van der Waals surface area (Å²) in [6.07, 6.45) is 1.79. The van der Waals surface area contributed by atoms with E-state index in [-0.39, 0.29) is 12.5 Å². The Kier molecular flexibility index (Phi) is 5.76. The van der Waals surface area contributed by atoms with Gasteiger partial charge >= 0.3 is 11.8 Å². The summed E-state index contributed by atoms with van der Waals surface area (Å²) in [6.45, 7) is 2.33. The van der Waals surface area contributed by atoms with Crippen LogP contribution < -0.4 is 15.5 Å². The zero-order valence-electron chi connectivity index (χ0n) is 14.9. The van der Waals surface area contributed by atoms with E-state index in [0.29, 0.717) is 17.3 Å². The maximum atomic E-state index is 12.2. The Bertz CT molecular complexity index is 898. The monoisotopic (exact) mass is 385 g/mol. The van der Waals surface area contributed by atoms with E-state index in [1.54, 1.807) is 41.3 Å². The van der Waals surface area contributed by atoms with Crippen LogP contribution in [0.3, 0.4) is 0 Å². The highest BCUT2D eigenvalue weighted by Gasteiger charge is 2.21. The van der Waals surface area contributed by atoms with E-state index in [2.05, 4.69) is 10.6 Å². The van der Waals surface area contributed by atoms with Crippen molar-refractivity contribution in [2.45, 2.75) is 26.3 Å². The number of carbonyl (C=O) groups is 3. The molecule has 0 unspecified atom stereocenters. The lowest BCUT2D eigenvalue weighted by Crippen LogP contribution is -2.35. The maximum absolute atomic E-state index is 12.2. The van der Waals surface area contributed by atoms with Crippen molar-refractivity contribution in [2.24, 2.45) is 0 Å². The number of carbonyl (C=O) groups excluding carboxylic acids is 3. The number of benzene rings is 2. The van der Waals surface area contributed by atoms with E-state index in [4.69, 9.17) is 11.6 Å². The van der Waals surface area contributed by atoms with Gasteiger partial charge in [-0.15, -0.1) is 0 Å². The zero-order chi connectivity index (χ0) is 19.4. The van der Waals surface area contributed by atoms with Crippen molar-refractivity contribution in [1.29, 1.82) is 0 Å². The molecule has 27 heavy (non-hydrogen) atoms. The highest BCUT2D eigenvalue weighted by atomic mass is 35.5. The predicted octanol–water partition coefficient (Wildman–Crippen LogP) is 2.89. The van der Waals surface area contributed by atoms with E-state index < -0.39 is 11.8 Å². The van der Waals surface area contributed by atoms with E-state index in [9.17, 15) is 14.4 Å². The van der Waals surface area contributed by atoms with Crippen LogP contribution in [0.4, 0.5) is 11.4 Å². The fraction of sp³-hybridized carbons (Fsp3) is 0.250. The first-order valence-corrected chi connectivity index (χ1v) is 9.07. The quantitative estimate of drug-likeness (QED) is 0.797. The fourth-order valence-corrected chi connectivity index (χ4v) is 3.27. The van der Waals surface area contributed by atoms with Gasteiger partial charge in [0.05, 0.1) is 0 Å². The van der Waals surface area contributed by atoms with Gasteiger partial charge in [-0.25, -0.2) is 0 Å². The smallest absolute Gasteiger partial charge is 0.313 e. The van der Waals surface area contributed by atoms with Crippen molar-refractivity contribution in [2.75, 3.05) is 16.8 Å². The van der Waals surface area contributed by atoms with Crippen molar-refractivity contribution in [3.05, 3.63) is 58.6 Å². The molecular formula is C20H20ClN3O3. The van der Waals surface area contributed by atoms with Gasteiger partial charge in [-0.2, -0.15) is 0 Å². The summed E-state index contributed by atoms with van der Waals surface area (Å²) in [6, 6.07) is 12.4. The van der Waals surface area contributed by atoms with E-state index in [1.807, 2.05) is 6.07 Å². The van der Waals surface area contributed by atoms with Crippen molar-refractivity contribution < 1.29 is 14.4 Å². The molecule has 0 atom stereocenters. The first-order chi connectivity index (χ1) is 13.0. The summed E-state index contributed by atoms with van der Waals surface area (Å²) in [7, 11) is 0. The predicted molar refractivity (Wildman–Crippen MR) is 105 cm³/mol.